The Morgan fingerprint density at radius 3 is 2.41 bits per heavy atom. The molecule has 0 atom stereocenters. The third kappa shape index (κ3) is 4.67. The summed E-state index contributed by atoms with van der Waals surface area (Å²) in [5.41, 5.74) is 0.224. The van der Waals surface area contributed by atoms with Crippen molar-refractivity contribution in [2.24, 2.45) is 0 Å². The molecule has 0 saturated heterocycles. The van der Waals surface area contributed by atoms with Gasteiger partial charge in [-0.1, -0.05) is 13.8 Å². The van der Waals surface area contributed by atoms with Gasteiger partial charge in [-0.15, -0.1) is 0 Å². The molecule has 5 nitrogen and oxygen atoms in total. The Morgan fingerprint density at radius 1 is 1.07 bits per heavy atom. The number of hydrogen-bond donors (Lipinski definition) is 1. The van der Waals surface area contributed by atoms with Crippen LogP contribution in [0, 0.1) is 5.82 Å². The Kier molecular flexibility index (Phi) is 5.76. The monoisotopic (exact) mass is 409 g/mol. The average molecular weight is 409 g/mol. The van der Waals surface area contributed by atoms with E-state index in [0.717, 1.165) is 17.1 Å². The number of benzene rings is 1. The quantitative estimate of drug-likeness (QED) is 0.559. The van der Waals surface area contributed by atoms with E-state index in [-0.39, 0.29) is 18.2 Å². The lowest BCUT2D eigenvalue weighted by Crippen LogP contribution is -2.09. The standard InChI is InChI=1S/C20H19F4N3O2/c1-11(2)19-26-9-15(27-19)12-4-5-17(18(6-12)28-3)29-10-16-14(21)7-13(8-25-16)20(22,23)24/h4-9,11H,10H2,1-3H3,(H,26,27). The highest BCUT2D eigenvalue weighted by Crippen LogP contribution is 2.33. The number of aromatic nitrogens is 3. The first kappa shape index (κ1) is 20.6. The van der Waals surface area contributed by atoms with E-state index in [4.69, 9.17) is 9.47 Å². The van der Waals surface area contributed by atoms with E-state index in [1.807, 2.05) is 13.8 Å². The highest BCUT2D eigenvalue weighted by atomic mass is 19.4. The molecule has 0 aliphatic heterocycles. The second kappa shape index (κ2) is 8.10. The van der Waals surface area contributed by atoms with E-state index >= 15 is 0 Å². The van der Waals surface area contributed by atoms with Crippen LogP contribution < -0.4 is 9.47 Å². The van der Waals surface area contributed by atoms with Crippen LogP contribution in [0.1, 0.15) is 36.8 Å². The summed E-state index contributed by atoms with van der Waals surface area (Å²) >= 11 is 0. The molecule has 2 aromatic heterocycles. The minimum atomic E-state index is -4.66. The number of nitrogens with zero attached hydrogens (tertiary/aromatic N) is 2. The average Bonchev–Trinajstić information content (AvgIpc) is 3.16. The van der Waals surface area contributed by atoms with Gasteiger partial charge in [-0.2, -0.15) is 13.2 Å². The number of aromatic amines is 1. The molecule has 2 heterocycles. The second-order valence-corrected chi connectivity index (χ2v) is 6.64. The summed E-state index contributed by atoms with van der Waals surface area (Å²) in [6.45, 7) is 3.70. The smallest absolute Gasteiger partial charge is 0.417 e. The van der Waals surface area contributed by atoms with Crippen molar-refractivity contribution in [3.8, 4) is 22.8 Å². The van der Waals surface area contributed by atoms with Crippen LogP contribution in [0.3, 0.4) is 0 Å². The minimum Gasteiger partial charge on any atom is -0.493 e. The van der Waals surface area contributed by atoms with Gasteiger partial charge in [0.25, 0.3) is 0 Å². The van der Waals surface area contributed by atoms with Crippen molar-refractivity contribution >= 4 is 0 Å². The fourth-order valence-electron chi connectivity index (χ4n) is 2.60. The van der Waals surface area contributed by atoms with Crippen LogP contribution in [0.15, 0.2) is 36.7 Å². The fraction of sp³-hybridized carbons (Fsp3) is 0.300. The van der Waals surface area contributed by atoms with E-state index in [2.05, 4.69) is 15.0 Å². The molecule has 154 valence electrons. The van der Waals surface area contributed by atoms with Gasteiger partial charge in [0.1, 0.15) is 23.9 Å². The van der Waals surface area contributed by atoms with Crippen LogP contribution in [-0.2, 0) is 12.8 Å². The van der Waals surface area contributed by atoms with Crippen LogP contribution in [0.5, 0.6) is 11.5 Å². The third-order valence-corrected chi connectivity index (χ3v) is 4.23. The molecule has 29 heavy (non-hydrogen) atoms. The van der Waals surface area contributed by atoms with Crippen molar-refractivity contribution in [2.75, 3.05) is 7.11 Å². The summed E-state index contributed by atoms with van der Waals surface area (Å²) in [4.78, 5) is 11.1. The predicted molar refractivity (Wildman–Crippen MR) is 98.2 cm³/mol. The lowest BCUT2D eigenvalue weighted by Gasteiger charge is -2.13. The fourth-order valence-corrected chi connectivity index (χ4v) is 2.60. The molecule has 3 rings (SSSR count). The summed E-state index contributed by atoms with van der Waals surface area (Å²) in [5, 5.41) is 0. The molecule has 1 N–H and O–H groups in total. The van der Waals surface area contributed by atoms with Crippen LogP contribution in [0.2, 0.25) is 0 Å². The SMILES string of the molecule is COc1cc(-c2cnc(C(C)C)[nH]2)ccc1OCc1ncc(C(F)(F)F)cc1F. The normalized spacial score (nSPS) is 11.7. The molecule has 0 unspecified atom stereocenters. The van der Waals surface area contributed by atoms with Crippen LogP contribution in [0.4, 0.5) is 17.6 Å². The molecule has 3 aromatic rings. The van der Waals surface area contributed by atoms with Crippen molar-refractivity contribution < 1.29 is 27.0 Å². The Labute approximate surface area is 164 Å². The number of halogens is 4. The molecule has 9 heteroatoms. The van der Waals surface area contributed by atoms with E-state index in [1.54, 1.807) is 24.4 Å². The molecule has 0 aliphatic carbocycles. The first-order valence-electron chi connectivity index (χ1n) is 8.76. The summed E-state index contributed by atoms with van der Waals surface area (Å²) in [7, 11) is 1.45. The summed E-state index contributed by atoms with van der Waals surface area (Å²) < 4.78 is 62.6. The maximum Gasteiger partial charge on any atom is 0.417 e. The Hall–Kier alpha value is -3.10. The van der Waals surface area contributed by atoms with Gasteiger partial charge in [0.2, 0.25) is 0 Å². The van der Waals surface area contributed by atoms with Gasteiger partial charge in [0.15, 0.2) is 11.5 Å². The summed E-state index contributed by atoms with van der Waals surface area (Å²) in [5.74, 6) is 0.702. The Morgan fingerprint density at radius 2 is 1.83 bits per heavy atom. The van der Waals surface area contributed by atoms with E-state index in [0.29, 0.717) is 23.8 Å². The van der Waals surface area contributed by atoms with E-state index in [9.17, 15) is 17.6 Å². The largest absolute Gasteiger partial charge is 0.493 e. The lowest BCUT2D eigenvalue weighted by atomic mass is 10.1. The van der Waals surface area contributed by atoms with Gasteiger partial charge in [0.05, 0.1) is 24.6 Å². The first-order chi connectivity index (χ1) is 13.7. The molecule has 0 fully saturated rings. The number of nitrogens with one attached hydrogen (secondary N) is 1. The number of ether oxygens (including phenoxy) is 2. The highest BCUT2D eigenvalue weighted by Gasteiger charge is 2.32. The maximum atomic E-state index is 13.9. The van der Waals surface area contributed by atoms with Gasteiger partial charge < -0.3 is 14.5 Å². The lowest BCUT2D eigenvalue weighted by molar-refractivity contribution is -0.138. The van der Waals surface area contributed by atoms with Gasteiger partial charge in [-0.3, -0.25) is 4.98 Å². The van der Waals surface area contributed by atoms with Crippen molar-refractivity contribution in [3.63, 3.8) is 0 Å². The zero-order chi connectivity index (χ0) is 21.2. The molecule has 0 aliphatic rings. The Balaban J connectivity index is 1.77. The number of hydrogen-bond acceptors (Lipinski definition) is 4. The van der Waals surface area contributed by atoms with Crippen LogP contribution >= 0.6 is 0 Å². The number of rotatable bonds is 6. The van der Waals surface area contributed by atoms with Gasteiger partial charge in [-0.25, -0.2) is 9.37 Å². The molecular formula is C20H19F4N3O2. The second-order valence-electron chi connectivity index (χ2n) is 6.64. The number of H-pyrrole nitrogens is 1. The molecule has 0 amide bonds. The molecule has 0 radical (unpaired) electrons. The van der Waals surface area contributed by atoms with Gasteiger partial charge in [-0.05, 0) is 24.3 Å². The third-order valence-electron chi connectivity index (χ3n) is 4.23. The minimum absolute atomic E-state index is 0.237. The topological polar surface area (TPSA) is 60.0 Å². The van der Waals surface area contributed by atoms with Crippen LogP contribution in [0.25, 0.3) is 11.3 Å². The number of pyridine rings is 1. The molecule has 1 aromatic carbocycles. The Bertz CT molecular complexity index is 1000. The van der Waals surface area contributed by atoms with Gasteiger partial charge in [0, 0.05) is 17.7 Å². The van der Waals surface area contributed by atoms with Crippen molar-refractivity contribution in [1.82, 2.24) is 15.0 Å². The summed E-state index contributed by atoms with van der Waals surface area (Å²) in [6.07, 6.45) is -2.37. The summed E-state index contributed by atoms with van der Waals surface area (Å²) in [6, 6.07) is 5.53. The van der Waals surface area contributed by atoms with Crippen molar-refractivity contribution in [1.29, 1.82) is 0 Å². The number of alkyl halides is 3. The molecule has 0 spiro atoms. The molecule has 0 saturated carbocycles. The van der Waals surface area contributed by atoms with Crippen molar-refractivity contribution in [3.05, 3.63) is 59.6 Å². The molecular weight excluding hydrogens is 390 g/mol. The first-order valence-corrected chi connectivity index (χ1v) is 8.76. The maximum absolute atomic E-state index is 13.9. The van der Waals surface area contributed by atoms with Gasteiger partial charge >= 0.3 is 6.18 Å². The zero-order valence-electron chi connectivity index (χ0n) is 16.0. The van der Waals surface area contributed by atoms with E-state index < -0.39 is 17.6 Å². The van der Waals surface area contributed by atoms with E-state index in [1.165, 1.54) is 7.11 Å². The number of imidazole rings is 1. The predicted octanol–water partition coefficient (Wildman–Crippen LogP) is 5.34. The highest BCUT2D eigenvalue weighted by molar-refractivity contribution is 5.63. The van der Waals surface area contributed by atoms with Crippen LogP contribution in [-0.4, -0.2) is 22.1 Å². The number of methoxy groups -OCH3 is 1. The zero-order valence-corrected chi connectivity index (χ0v) is 16.0. The van der Waals surface area contributed by atoms with Crippen molar-refractivity contribution in [2.45, 2.75) is 32.5 Å². The molecule has 0 bridgehead atoms.